The van der Waals surface area contributed by atoms with E-state index in [1.807, 2.05) is 43.3 Å². The molecule has 0 aliphatic carbocycles. The van der Waals surface area contributed by atoms with Crippen LogP contribution in [-0.2, 0) is 0 Å². The van der Waals surface area contributed by atoms with E-state index >= 15 is 0 Å². The number of carbonyl (C=O) groups excluding carboxylic acids is 1. The topological polar surface area (TPSA) is 102 Å². The number of phenolic OH excluding ortho intramolecular Hbond substituents is 3. The van der Waals surface area contributed by atoms with Gasteiger partial charge in [0, 0.05) is 5.56 Å². The molecule has 2 aromatic rings. The third-order valence-electron chi connectivity index (χ3n) is 2.96. The fourth-order valence-corrected chi connectivity index (χ4v) is 1.84. The van der Waals surface area contributed by atoms with E-state index in [1.165, 1.54) is 6.21 Å². The van der Waals surface area contributed by atoms with Gasteiger partial charge < -0.3 is 15.3 Å². The second kappa shape index (κ2) is 7.13. The Morgan fingerprint density at radius 3 is 2.30 bits per heavy atom. The molecule has 23 heavy (non-hydrogen) atoms. The van der Waals surface area contributed by atoms with Crippen LogP contribution in [0.15, 0.2) is 53.1 Å². The van der Waals surface area contributed by atoms with E-state index in [0.717, 1.165) is 23.3 Å². The van der Waals surface area contributed by atoms with Crippen molar-refractivity contribution in [1.29, 1.82) is 0 Å². The molecule has 0 heterocycles. The van der Waals surface area contributed by atoms with Gasteiger partial charge >= 0.3 is 0 Å². The molecule has 0 bridgehead atoms. The van der Waals surface area contributed by atoms with Crippen molar-refractivity contribution >= 4 is 18.2 Å². The first-order valence-electron chi connectivity index (χ1n) is 6.79. The first-order chi connectivity index (χ1) is 11.0. The molecule has 0 aliphatic heterocycles. The van der Waals surface area contributed by atoms with E-state index in [-0.39, 0.29) is 5.56 Å². The summed E-state index contributed by atoms with van der Waals surface area (Å²) in [5, 5.41) is 31.8. The van der Waals surface area contributed by atoms with Gasteiger partial charge in [0.1, 0.15) is 0 Å². The Morgan fingerprint density at radius 2 is 1.70 bits per heavy atom. The van der Waals surface area contributed by atoms with Crippen molar-refractivity contribution in [3.05, 3.63) is 59.2 Å². The molecule has 0 saturated carbocycles. The highest BCUT2D eigenvalue weighted by atomic mass is 16.3. The van der Waals surface area contributed by atoms with Crippen LogP contribution in [0.2, 0.25) is 0 Å². The van der Waals surface area contributed by atoms with Gasteiger partial charge in [0.2, 0.25) is 0 Å². The van der Waals surface area contributed by atoms with Gasteiger partial charge in [-0.2, -0.15) is 5.10 Å². The van der Waals surface area contributed by atoms with Crippen LogP contribution in [0.5, 0.6) is 17.2 Å². The highest BCUT2D eigenvalue weighted by Gasteiger charge is 2.12. The van der Waals surface area contributed by atoms with Crippen LogP contribution >= 0.6 is 0 Å². The van der Waals surface area contributed by atoms with Crippen LogP contribution in [-0.4, -0.2) is 27.4 Å². The van der Waals surface area contributed by atoms with Gasteiger partial charge in [-0.05, 0) is 30.2 Å². The molecule has 6 nitrogen and oxygen atoms in total. The molecule has 1 amide bonds. The van der Waals surface area contributed by atoms with Crippen LogP contribution < -0.4 is 5.43 Å². The Morgan fingerprint density at radius 1 is 1.09 bits per heavy atom. The lowest BCUT2D eigenvalue weighted by Crippen LogP contribution is -2.17. The largest absolute Gasteiger partial charge is 0.504 e. The number of allylic oxidation sites excluding steroid dienone is 1. The predicted octanol–water partition coefficient (Wildman–Crippen LogP) is 2.62. The SMILES string of the molecule is CC(C=NNC(=O)c1cc(O)c(O)c(O)c1)=Cc1ccccc1. The van der Waals surface area contributed by atoms with Crippen molar-refractivity contribution in [2.24, 2.45) is 5.10 Å². The first-order valence-corrected chi connectivity index (χ1v) is 6.79. The second-order valence-corrected chi connectivity index (χ2v) is 4.86. The lowest BCUT2D eigenvalue weighted by atomic mass is 10.1. The first kappa shape index (κ1) is 16.1. The van der Waals surface area contributed by atoms with E-state index in [9.17, 15) is 20.1 Å². The van der Waals surface area contributed by atoms with Gasteiger partial charge in [0.05, 0.1) is 6.21 Å². The smallest absolute Gasteiger partial charge is 0.271 e. The van der Waals surface area contributed by atoms with Gasteiger partial charge in [-0.3, -0.25) is 4.79 Å². The maximum atomic E-state index is 11.9. The highest BCUT2D eigenvalue weighted by molar-refractivity contribution is 5.96. The molecule has 0 atom stereocenters. The summed E-state index contributed by atoms with van der Waals surface area (Å²) >= 11 is 0. The lowest BCUT2D eigenvalue weighted by Gasteiger charge is -2.04. The van der Waals surface area contributed by atoms with Crippen LogP contribution in [0.1, 0.15) is 22.8 Å². The Hall–Kier alpha value is -3.28. The van der Waals surface area contributed by atoms with Crippen molar-refractivity contribution in [3.8, 4) is 17.2 Å². The molecule has 0 fully saturated rings. The van der Waals surface area contributed by atoms with E-state index in [1.54, 1.807) is 0 Å². The molecule has 2 aromatic carbocycles. The minimum atomic E-state index is -0.674. The number of hydrazone groups is 1. The molecular weight excluding hydrogens is 296 g/mol. The Labute approximate surface area is 133 Å². The fraction of sp³-hybridized carbons (Fsp3) is 0.0588. The molecule has 118 valence electrons. The molecule has 0 saturated heterocycles. The fourth-order valence-electron chi connectivity index (χ4n) is 1.84. The molecule has 0 unspecified atom stereocenters. The molecule has 0 spiro atoms. The van der Waals surface area contributed by atoms with E-state index in [2.05, 4.69) is 10.5 Å². The number of aromatic hydroxyl groups is 3. The molecule has 0 radical (unpaired) electrons. The zero-order valence-corrected chi connectivity index (χ0v) is 12.4. The summed E-state index contributed by atoms with van der Waals surface area (Å²) in [7, 11) is 0. The van der Waals surface area contributed by atoms with Gasteiger partial charge in [0.25, 0.3) is 5.91 Å². The van der Waals surface area contributed by atoms with Gasteiger partial charge in [-0.25, -0.2) is 5.43 Å². The maximum Gasteiger partial charge on any atom is 0.271 e. The second-order valence-electron chi connectivity index (χ2n) is 4.86. The summed E-state index contributed by atoms with van der Waals surface area (Å²) in [6.07, 6.45) is 3.37. The van der Waals surface area contributed by atoms with Crippen LogP contribution in [0.4, 0.5) is 0 Å². The zero-order valence-electron chi connectivity index (χ0n) is 12.4. The molecule has 6 heteroatoms. The van der Waals surface area contributed by atoms with Crippen molar-refractivity contribution < 1.29 is 20.1 Å². The summed E-state index contributed by atoms with van der Waals surface area (Å²) in [5.41, 5.74) is 4.08. The predicted molar refractivity (Wildman–Crippen MR) is 87.5 cm³/mol. The Balaban J connectivity index is 2.03. The van der Waals surface area contributed by atoms with Gasteiger partial charge in [-0.1, -0.05) is 36.4 Å². The lowest BCUT2D eigenvalue weighted by molar-refractivity contribution is 0.0954. The standard InChI is InChI=1S/C17H16N2O4/c1-11(7-12-5-3-2-4-6-12)10-18-19-17(23)13-8-14(20)16(22)15(21)9-13/h2-10,20-22H,1H3,(H,19,23). The minimum absolute atomic E-state index is 0.0281. The number of carbonyl (C=O) groups is 1. The Kier molecular flexibility index (Phi) is 4.99. The monoisotopic (exact) mass is 312 g/mol. The normalized spacial score (nSPS) is 11.6. The highest BCUT2D eigenvalue weighted by Crippen LogP contribution is 2.35. The summed E-state index contributed by atoms with van der Waals surface area (Å²) < 4.78 is 0. The van der Waals surface area contributed by atoms with E-state index in [4.69, 9.17) is 0 Å². The van der Waals surface area contributed by atoms with Gasteiger partial charge in [-0.15, -0.1) is 0 Å². The van der Waals surface area contributed by atoms with E-state index < -0.39 is 23.2 Å². The van der Waals surface area contributed by atoms with Crippen molar-refractivity contribution in [3.63, 3.8) is 0 Å². The van der Waals surface area contributed by atoms with Gasteiger partial charge in [0.15, 0.2) is 17.2 Å². The number of rotatable bonds is 4. The number of phenols is 3. The summed E-state index contributed by atoms with van der Waals surface area (Å²) in [5.74, 6) is -2.47. The van der Waals surface area contributed by atoms with Crippen molar-refractivity contribution in [1.82, 2.24) is 5.43 Å². The number of amides is 1. The molecular formula is C17H16N2O4. The molecule has 0 aliphatic rings. The number of nitrogens with one attached hydrogen (secondary N) is 1. The van der Waals surface area contributed by atoms with Crippen molar-refractivity contribution in [2.45, 2.75) is 6.92 Å². The summed E-state index contributed by atoms with van der Waals surface area (Å²) in [4.78, 5) is 11.9. The zero-order chi connectivity index (χ0) is 16.8. The molecule has 0 aromatic heterocycles. The van der Waals surface area contributed by atoms with Crippen molar-refractivity contribution in [2.75, 3.05) is 0 Å². The number of nitrogens with zero attached hydrogens (tertiary/aromatic N) is 1. The summed E-state index contributed by atoms with van der Waals surface area (Å²) in [6.45, 7) is 1.83. The Bertz CT molecular complexity index is 744. The average Bonchev–Trinajstić information content (AvgIpc) is 2.53. The van der Waals surface area contributed by atoms with Crippen LogP contribution in [0.25, 0.3) is 6.08 Å². The average molecular weight is 312 g/mol. The number of hydrogen-bond acceptors (Lipinski definition) is 5. The molecule has 4 N–H and O–H groups in total. The maximum absolute atomic E-state index is 11.9. The number of hydrogen-bond donors (Lipinski definition) is 4. The van der Waals surface area contributed by atoms with Crippen LogP contribution in [0.3, 0.4) is 0 Å². The third kappa shape index (κ3) is 4.34. The quantitative estimate of drug-likeness (QED) is 0.396. The minimum Gasteiger partial charge on any atom is -0.504 e. The molecule has 2 rings (SSSR count). The van der Waals surface area contributed by atoms with Crippen LogP contribution in [0, 0.1) is 0 Å². The number of benzene rings is 2. The summed E-state index contributed by atoms with van der Waals surface area (Å²) in [6, 6.07) is 11.7. The third-order valence-corrected chi connectivity index (χ3v) is 2.96. The van der Waals surface area contributed by atoms with E-state index in [0.29, 0.717) is 0 Å².